The first-order valence-electron chi connectivity index (χ1n) is 8.12. The third-order valence-corrected chi connectivity index (χ3v) is 3.86. The standard InChI is InChI=1S/C19H20FN5/c1-25(13-9-15-6-10-21-11-7-15)19-22-12-8-18(24-19)23-14-16-2-4-17(20)5-3-16/h2-8,10-12H,9,13-14H2,1H3,(H,22,23,24). The van der Waals surface area contributed by atoms with Crippen molar-refractivity contribution in [3.63, 3.8) is 0 Å². The number of hydrogen-bond acceptors (Lipinski definition) is 5. The summed E-state index contributed by atoms with van der Waals surface area (Å²) < 4.78 is 12.9. The minimum Gasteiger partial charge on any atom is -0.366 e. The molecule has 0 atom stereocenters. The Morgan fingerprint density at radius 2 is 1.72 bits per heavy atom. The van der Waals surface area contributed by atoms with Crippen LogP contribution in [-0.2, 0) is 13.0 Å². The maximum atomic E-state index is 12.9. The van der Waals surface area contributed by atoms with E-state index in [9.17, 15) is 4.39 Å². The van der Waals surface area contributed by atoms with Crippen LogP contribution < -0.4 is 10.2 Å². The van der Waals surface area contributed by atoms with Gasteiger partial charge in [0.25, 0.3) is 0 Å². The number of likely N-dealkylation sites (N-methyl/N-ethyl adjacent to an activating group) is 1. The number of rotatable bonds is 7. The summed E-state index contributed by atoms with van der Waals surface area (Å²) in [4.78, 5) is 14.9. The van der Waals surface area contributed by atoms with E-state index in [4.69, 9.17) is 0 Å². The molecule has 0 aliphatic heterocycles. The van der Waals surface area contributed by atoms with E-state index < -0.39 is 0 Å². The van der Waals surface area contributed by atoms with Gasteiger partial charge in [-0.3, -0.25) is 4.98 Å². The molecule has 5 nitrogen and oxygen atoms in total. The van der Waals surface area contributed by atoms with E-state index in [2.05, 4.69) is 20.3 Å². The van der Waals surface area contributed by atoms with Gasteiger partial charge in [-0.2, -0.15) is 4.98 Å². The number of benzene rings is 1. The fourth-order valence-corrected chi connectivity index (χ4v) is 2.37. The predicted octanol–water partition coefficient (Wildman–Crippen LogP) is 3.30. The Morgan fingerprint density at radius 3 is 2.48 bits per heavy atom. The average molecular weight is 337 g/mol. The van der Waals surface area contributed by atoms with Gasteiger partial charge in [0, 0.05) is 38.7 Å². The monoisotopic (exact) mass is 337 g/mol. The van der Waals surface area contributed by atoms with E-state index in [1.165, 1.54) is 17.7 Å². The van der Waals surface area contributed by atoms with Gasteiger partial charge in [-0.1, -0.05) is 12.1 Å². The van der Waals surface area contributed by atoms with Crippen LogP contribution in [0.3, 0.4) is 0 Å². The van der Waals surface area contributed by atoms with E-state index in [1.807, 2.05) is 30.1 Å². The highest BCUT2D eigenvalue weighted by Gasteiger charge is 2.06. The summed E-state index contributed by atoms with van der Waals surface area (Å²) in [6.45, 7) is 1.39. The minimum atomic E-state index is -0.233. The summed E-state index contributed by atoms with van der Waals surface area (Å²) in [5, 5.41) is 3.24. The molecule has 0 aliphatic carbocycles. The van der Waals surface area contributed by atoms with Crippen molar-refractivity contribution in [2.75, 3.05) is 23.8 Å². The molecule has 0 bridgehead atoms. The van der Waals surface area contributed by atoms with Crippen LogP contribution in [0.1, 0.15) is 11.1 Å². The van der Waals surface area contributed by atoms with Crippen LogP contribution in [-0.4, -0.2) is 28.5 Å². The molecule has 6 heteroatoms. The van der Waals surface area contributed by atoms with E-state index in [0.29, 0.717) is 12.5 Å². The quantitative estimate of drug-likeness (QED) is 0.717. The molecule has 2 heterocycles. The van der Waals surface area contributed by atoms with Gasteiger partial charge in [0.2, 0.25) is 5.95 Å². The number of nitrogens with one attached hydrogen (secondary N) is 1. The zero-order valence-corrected chi connectivity index (χ0v) is 14.1. The number of nitrogens with zero attached hydrogens (tertiary/aromatic N) is 4. The van der Waals surface area contributed by atoms with Crippen molar-refractivity contribution in [1.82, 2.24) is 15.0 Å². The molecule has 3 rings (SSSR count). The fourth-order valence-electron chi connectivity index (χ4n) is 2.37. The van der Waals surface area contributed by atoms with E-state index >= 15 is 0 Å². The molecule has 0 saturated carbocycles. The summed E-state index contributed by atoms with van der Waals surface area (Å²) in [5.41, 5.74) is 2.22. The predicted molar refractivity (Wildman–Crippen MR) is 97.0 cm³/mol. The van der Waals surface area contributed by atoms with Gasteiger partial charge in [-0.25, -0.2) is 9.37 Å². The Kier molecular flexibility index (Phi) is 5.51. The van der Waals surface area contributed by atoms with Crippen LogP contribution in [0.4, 0.5) is 16.2 Å². The first-order chi connectivity index (χ1) is 12.2. The molecule has 0 spiro atoms. The molecule has 2 aromatic heterocycles. The van der Waals surface area contributed by atoms with Crippen molar-refractivity contribution in [3.8, 4) is 0 Å². The van der Waals surface area contributed by atoms with Crippen molar-refractivity contribution in [1.29, 1.82) is 0 Å². The molecule has 0 radical (unpaired) electrons. The zero-order chi connectivity index (χ0) is 17.5. The number of anilines is 2. The van der Waals surface area contributed by atoms with Gasteiger partial charge in [0.15, 0.2) is 0 Å². The smallest absolute Gasteiger partial charge is 0.226 e. The molecular weight excluding hydrogens is 317 g/mol. The first kappa shape index (κ1) is 16.8. The molecule has 3 aromatic rings. The third kappa shape index (κ3) is 4.97. The van der Waals surface area contributed by atoms with Crippen LogP contribution in [0.5, 0.6) is 0 Å². The molecule has 0 unspecified atom stereocenters. The summed E-state index contributed by atoms with van der Waals surface area (Å²) in [6, 6.07) is 12.3. The SMILES string of the molecule is CN(CCc1ccncc1)c1nccc(NCc2ccc(F)cc2)n1. The Morgan fingerprint density at radius 1 is 0.960 bits per heavy atom. The summed E-state index contributed by atoms with van der Waals surface area (Å²) in [5.74, 6) is 1.17. The molecule has 128 valence electrons. The summed E-state index contributed by atoms with van der Waals surface area (Å²) in [7, 11) is 1.97. The maximum Gasteiger partial charge on any atom is 0.226 e. The highest BCUT2D eigenvalue weighted by molar-refractivity contribution is 5.41. The topological polar surface area (TPSA) is 53.9 Å². The van der Waals surface area contributed by atoms with Crippen molar-refractivity contribution >= 4 is 11.8 Å². The van der Waals surface area contributed by atoms with Crippen LogP contribution in [0.15, 0.2) is 61.1 Å². The Bertz CT molecular complexity index is 792. The van der Waals surface area contributed by atoms with Crippen molar-refractivity contribution in [2.24, 2.45) is 0 Å². The van der Waals surface area contributed by atoms with Gasteiger partial charge in [0.1, 0.15) is 11.6 Å². The minimum absolute atomic E-state index is 0.233. The lowest BCUT2D eigenvalue weighted by atomic mass is 10.2. The lowest BCUT2D eigenvalue weighted by molar-refractivity contribution is 0.627. The maximum absolute atomic E-state index is 12.9. The molecule has 25 heavy (non-hydrogen) atoms. The Hall–Kier alpha value is -3.02. The summed E-state index contributed by atoms with van der Waals surface area (Å²) in [6.07, 6.45) is 6.23. The molecule has 0 saturated heterocycles. The van der Waals surface area contributed by atoms with Gasteiger partial charge in [-0.15, -0.1) is 0 Å². The van der Waals surface area contributed by atoms with Crippen LogP contribution in [0, 0.1) is 5.82 Å². The second kappa shape index (κ2) is 8.19. The van der Waals surface area contributed by atoms with Crippen molar-refractivity contribution in [3.05, 3.63) is 78.0 Å². The highest BCUT2D eigenvalue weighted by Crippen LogP contribution is 2.12. The van der Waals surface area contributed by atoms with E-state index in [1.54, 1.807) is 30.7 Å². The van der Waals surface area contributed by atoms with Crippen molar-refractivity contribution in [2.45, 2.75) is 13.0 Å². The highest BCUT2D eigenvalue weighted by atomic mass is 19.1. The lowest BCUT2D eigenvalue weighted by Gasteiger charge is -2.17. The Balaban J connectivity index is 1.57. The fraction of sp³-hybridized carbons (Fsp3) is 0.211. The third-order valence-electron chi connectivity index (χ3n) is 3.86. The number of pyridine rings is 1. The zero-order valence-electron chi connectivity index (χ0n) is 14.1. The molecule has 1 aromatic carbocycles. The number of halogens is 1. The van der Waals surface area contributed by atoms with E-state index in [-0.39, 0.29) is 5.82 Å². The molecule has 1 N–H and O–H groups in total. The molecular formula is C19H20FN5. The van der Waals surface area contributed by atoms with E-state index in [0.717, 1.165) is 24.3 Å². The van der Waals surface area contributed by atoms with Crippen LogP contribution in [0.25, 0.3) is 0 Å². The molecule has 0 fully saturated rings. The number of aromatic nitrogens is 3. The largest absolute Gasteiger partial charge is 0.366 e. The summed E-state index contributed by atoms with van der Waals surface area (Å²) >= 11 is 0. The number of hydrogen-bond donors (Lipinski definition) is 1. The second-order valence-electron chi connectivity index (χ2n) is 5.75. The lowest BCUT2D eigenvalue weighted by Crippen LogP contribution is -2.22. The van der Waals surface area contributed by atoms with Gasteiger partial charge < -0.3 is 10.2 Å². The van der Waals surface area contributed by atoms with Gasteiger partial charge in [-0.05, 0) is 47.9 Å². The van der Waals surface area contributed by atoms with Crippen molar-refractivity contribution < 1.29 is 4.39 Å². The average Bonchev–Trinajstić information content (AvgIpc) is 2.67. The van der Waals surface area contributed by atoms with Crippen LogP contribution in [0.2, 0.25) is 0 Å². The first-order valence-corrected chi connectivity index (χ1v) is 8.12. The molecule has 0 amide bonds. The molecule has 0 aliphatic rings. The Labute approximate surface area is 146 Å². The van der Waals surface area contributed by atoms with Crippen LogP contribution >= 0.6 is 0 Å². The normalized spacial score (nSPS) is 10.5. The van der Waals surface area contributed by atoms with Gasteiger partial charge in [0.05, 0.1) is 0 Å². The second-order valence-corrected chi connectivity index (χ2v) is 5.75. The van der Waals surface area contributed by atoms with Gasteiger partial charge >= 0.3 is 0 Å².